The summed E-state index contributed by atoms with van der Waals surface area (Å²) >= 11 is 3.34. The van der Waals surface area contributed by atoms with Gasteiger partial charge in [0.1, 0.15) is 11.5 Å². The van der Waals surface area contributed by atoms with Gasteiger partial charge in [-0.3, -0.25) is 4.79 Å². The summed E-state index contributed by atoms with van der Waals surface area (Å²) in [4.78, 5) is 11.6. The van der Waals surface area contributed by atoms with E-state index in [0.717, 1.165) is 15.8 Å². The zero-order chi connectivity index (χ0) is 13.7. The van der Waals surface area contributed by atoms with Crippen molar-refractivity contribution in [2.45, 2.75) is 13.3 Å². The van der Waals surface area contributed by atoms with E-state index < -0.39 is 0 Å². The number of carbonyl (C=O) groups excluding carboxylic acids is 1. The Balaban J connectivity index is 1.87. The summed E-state index contributed by atoms with van der Waals surface area (Å²) in [6, 6.07) is 11.3. The number of hydrogen-bond donors (Lipinski definition) is 1. The van der Waals surface area contributed by atoms with Crippen LogP contribution in [-0.4, -0.2) is 12.1 Å². The lowest BCUT2D eigenvalue weighted by Gasteiger charge is -1.99. The fraction of sp³-hybridized carbons (Fsp3) is 0.143. The number of aryl methyl sites for hydroxylation is 1. The molecule has 98 valence electrons. The molecule has 0 aliphatic rings. The lowest BCUT2D eigenvalue weighted by molar-refractivity contribution is -0.120. The molecule has 0 atom stereocenters. The second kappa shape index (κ2) is 6.33. The van der Waals surface area contributed by atoms with E-state index in [1.807, 2.05) is 37.3 Å². The number of nitrogens with zero attached hydrogens (tertiary/aromatic N) is 1. The predicted molar refractivity (Wildman–Crippen MR) is 77.0 cm³/mol. The lowest BCUT2D eigenvalue weighted by Crippen LogP contribution is -2.19. The molecular weight excluding hydrogens is 308 g/mol. The van der Waals surface area contributed by atoms with E-state index in [0.29, 0.717) is 12.2 Å². The SMILES string of the molecule is Cc1oc(/C=N\NC(=O)Cc2ccccc2)cc1Br. The summed E-state index contributed by atoms with van der Waals surface area (Å²) in [6.45, 7) is 1.84. The monoisotopic (exact) mass is 320 g/mol. The fourth-order valence-corrected chi connectivity index (χ4v) is 1.84. The van der Waals surface area contributed by atoms with Gasteiger partial charge in [0, 0.05) is 6.07 Å². The quantitative estimate of drug-likeness (QED) is 0.695. The molecule has 1 aromatic heterocycles. The van der Waals surface area contributed by atoms with Crippen LogP contribution in [0.3, 0.4) is 0 Å². The maximum absolute atomic E-state index is 11.6. The highest BCUT2D eigenvalue weighted by Gasteiger charge is 2.03. The maximum atomic E-state index is 11.6. The molecule has 1 amide bonds. The van der Waals surface area contributed by atoms with Gasteiger partial charge in [-0.2, -0.15) is 5.10 Å². The van der Waals surface area contributed by atoms with Crippen LogP contribution >= 0.6 is 15.9 Å². The van der Waals surface area contributed by atoms with Crippen LogP contribution < -0.4 is 5.43 Å². The molecule has 2 aromatic rings. The van der Waals surface area contributed by atoms with Gasteiger partial charge in [-0.1, -0.05) is 30.3 Å². The third-order valence-corrected chi connectivity index (χ3v) is 3.25. The first-order valence-corrected chi connectivity index (χ1v) is 6.56. The van der Waals surface area contributed by atoms with Crippen LogP contribution in [0.5, 0.6) is 0 Å². The Morgan fingerprint density at radius 3 is 2.79 bits per heavy atom. The van der Waals surface area contributed by atoms with E-state index in [-0.39, 0.29) is 5.91 Å². The summed E-state index contributed by atoms with van der Waals surface area (Å²) in [5.41, 5.74) is 3.41. The van der Waals surface area contributed by atoms with Gasteiger partial charge in [0.25, 0.3) is 0 Å². The second-order valence-corrected chi connectivity index (χ2v) is 4.86. The highest BCUT2D eigenvalue weighted by molar-refractivity contribution is 9.10. The van der Waals surface area contributed by atoms with Crippen molar-refractivity contribution >= 4 is 28.1 Å². The molecule has 1 aromatic carbocycles. The minimum absolute atomic E-state index is 0.162. The van der Waals surface area contributed by atoms with Crippen LogP contribution in [0.2, 0.25) is 0 Å². The molecule has 0 bridgehead atoms. The van der Waals surface area contributed by atoms with Crippen molar-refractivity contribution < 1.29 is 9.21 Å². The third-order valence-electron chi connectivity index (χ3n) is 2.46. The highest BCUT2D eigenvalue weighted by Crippen LogP contribution is 2.18. The molecule has 0 saturated heterocycles. The van der Waals surface area contributed by atoms with Gasteiger partial charge in [0.2, 0.25) is 5.91 Å². The van der Waals surface area contributed by atoms with E-state index in [1.54, 1.807) is 6.07 Å². The van der Waals surface area contributed by atoms with Gasteiger partial charge in [-0.25, -0.2) is 5.43 Å². The molecule has 0 radical (unpaired) electrons. The molecule has 2 rings (SSSR count). The van der Waals surface area contributed by atoms with E-state index in [2.05, 4.69) is 26.5 Å². The summed E-state index contributed by atoms with van der Waals surface area (Å²) in [5, 5.41) is 3.85. The first kappa shape index (κ1) is 13.5. The van der Waals surface area contributed by atoms with E-state index in [9.17, 15) is 4.79 Å². The first-order valence-electron chi connectivity index (χ1n) is 5.77. The Labute approximate surface area is 119 Å². The number of amides is 1. The van der Waals surface area contributed by atoms with Gasteiger partial charge in [0.15, 0.2) is 0 Å². The molecule has 0 spiro atoms. The highest BCUT2D eigenvalue weighted by atomic mass is 79.9. The summed E-state index contributed by atoms with van der Waals surface area (Å²) in [7, 11) is 0. The van der Waals surface area contributed by atoms with Crippen LogP contribution in [0.1, 0.15) is 17.1 Å². The largest absolute Gasteiger partial charge is 0.459 e. The van der Waals surface area contributed by atoms with Crippen LogP contribution in [-0.2, 0) is 11.2 Å². The lowest BCUT2D eigenvalue weighted by atomic mass is 10.1. The number of benzene rings is 1. The molecule has 0 saturated carbocycles. The average molecular weight is 321 g/mol. The smallest absolute Gasteiger partial charge is 0.244 e. The number of furan rings is 1. The molecule has 5 heteroatoms. The van der Waals surface area contributed by atoms with Crippen LogP contribution in [0, 0.1) is 6.92 Å². The van der Waals surface area contributed by atoms with Crippen LogP contribution in [0.15, 0.2) is 50.4 Å². The topological polar surface area (TPSA) is 54.6 Å². The molecule has 1 N–H and O–H groups in total. The number of rotatable bonds is 4. The molecule has 0 aliphatic heterocycles. The molecule has 19 heavy (non-hydrogen) atoms. The van der Waals surface area contributed by atoms with Gasteiger partial charge in [-0.05, 0) is 28.4 Å². The Hall–Kier alpha value is -1.88. The number of carbonyl (C=O) groups is 1. The van der Waals surface area contributed by atoms with Gasteiger partial charge in [-0.15, -0.1) is 0 Å². The Morgan fingerprint density at radius 2 is 2.16 bits per heavy atom. The maximum Gasteiger partial charge on any atom is 0.244 e. The van der Waals surface area contributed by atoms with Gasteiger partial charge >= 0.3 is 0 Å². The van der Waals surface area contributed by atoms with Crippen LogP contribution in [0.25, 0.3) is 0 Å². The zero-order valence-corrected chi connectivity index (χ0v) is 12.0. The van der Waals surface area contributed by atoms with Crippen molar-refractivity contribution in [3.63, 3.8) is 0 Å². The minimum atomic E-state index is -0.162. The molecule has 0 fully saturated rings. The van der Waals surface area contributed by atoms with Gasteiger partial charge in [0.05, 0.1) is 17.1 Å². The van der Waals surface area contributed by atoms with Crippen molar-refractivity contribution in [2.75, 3.05) is 0 Å². The Kier molecular flexibility index (Phi) is 4.52. The normalized spacial score (nSPS) is 10.8. The third kappa shape index (κ3) is 4.06. The Bertz CT molecular complexity index is 571. The zero-order valence-electron chi connectivity index (χ0n) is 10.4. The molecule has 0 aliphatic carbocycles. The second-order valence-electron chi connectivity index (χ2n) is 4.01. The van der Waals surface area contributed by atoms with Crippen molar-refractivity contribution in [1.82, 2.24) is 5.43 Å². The van der Waals surface area contributed by atoms with Crippen molar-refractivity contribution in [1.29, 1.82) is 0 Å². The summed E-state index contributed by atoms with van der Waals surface area (Å²) < 4.78 is 6.25. The molecular formula is C14H13BrN2O2. The predicted octanol–water partition coefficient (Wildman–Crippen LogP) is 3.04. The molecule has 4 nitrogen and oxygen atoms in total. The van der Waals surface area contributed by atoms with E-state index in [4.69, 9.17) is 4.42 Å². The summed E-state index contributed by atoms with van der Waals surface area (Å²) in [6.07, 6.45) is 1.78. The van der Waals surface area contributed by atoms with Crippen molar-refractivity contribution in [2.24, 2.45) is 5.10 Å². The number of hydrogen-bond acceptors (Lipinski definition) is 3. The minimum Gasteiger partial charge on any atom is -0.459 e. The number of hydrazone groups is 1. The number of halogens is 1. The van der Waals surface area contributed by atoms with Crippen molar-refractivity contribution in [3.8, 4) is 0 Å². The molecule has 1 heterocycles. The Morgan fingerprint density at radius 1 is 1.42 bits per heavy atom. The average Bonchev–Trinajstić information content (AvgIpc) is 2.70. The van der Waals surface area contributed by atoms with Gasteiger partial charge < -0.3 is 4.42 Å². The number of nitrogens with one attached hydrogen (secondary N) is 1. The molecule has 0 unspecified atom stereocenters. The standard InChI is InChI=1S/C14H13BrN2O2/c1-10-13(15)8-12(19-10)9-16-17-14(18)7-11-5-3-2-4-6-11/h2-6,8-9H,7H2,1H3,(H,17,18)/b16-9-. The first-order chi connectivity index (χ1) is 9.15. The van der Waals surface area contributed by atoms with Crippen LogP contribution in [0.4, 0.5) is 0 Å². The summed E-state index contributed by atoms with van der Waals surface area (Å²) in [5.74, 6) is 1.20. The van der Waals surface area contributed by atoms with Crippen molar-refractivity contribution in [3.05, 3.63) is 58.0 Å². The fourth-order valence-electron chi connectivity index (χ4n) is 1.53. The van der Waals surface area contributed by atoms with E-state index >= 15 is 0 Å². The van der Waals surface area contributed by atoms with E-state index in [1.165, 1.54) is 6.21 Å².